The maximum absolute atomic E-state index is 12.3. The molecule has 2 aliphatic rings. The molecular formula is C31H42N6O6S2. The van der Waals surface area contributed by atoms with Crippen LogP contribution in [-0.2, 0) is 46.7 Å². The zero-order chi connectivity index (χ0) is 32.9. The second-order valence-corrected chi connectivity index (χ2v) is 14.9. The Morgan fingerprint density at radius 2 is 1.36 bits per heavy atom. The van der Waals surface area contributed by atoms with E-state index >= 15 is 0 Å². The Hall–Kier alpha value is -3.91. The Balaban J connectivity index is 0.000000231. The van der Waals surface area contributed by atoms with Gasteiger partial charge in [0.25, 0.3) is 0 Å². The summed E-state index contributed by atoms with van der Waals surface area (Å²) in [5.74, 6) is -0.346. The van der Waals surface area contributed by atoms with Crippen molar-refractivity contribution in [2.45, 2.75) is 85.2 Å². The Morgan fingerprint density at radius 1 is 0.844 bits per heavy atom. The number of esters is 1. The third-order valence-electron chi connectivity index (χ3n) is 6.60. The van der Waals surface area contributed by atoms with E-state index in [1.807, 2.05) is 53.7 Å². The number of benzene rings is 1. The van der Waals surface area contributed by atoms with Gasteiger partial charge in [0, 0.05) is 42.2 Å². The SMILES string of the molecule is CC(C)(C)OC(=O)N1CCc2nc(N)sc2C1.COC(=O)c1ccc(CNc2nc3c(s2)CN(C(=O)OC(C)(C)C)CC3)cc1. The number of carbonyl (C=O) groups is 3. The quantitative estimate of drug-likeness (QED) is 0.258. The fraction of sp³-hybridized carbons (Fsp3) is 0.516. The fourth-order valence-electron chi connectivity index (χ4n) is 4.51. The number of fused-ring (bicyclic) bond motifs is 2. The Kier molecular flexibility index (Phi) is 10.6. The van der Waals surface area contributed by atoms with Gasteiger partial charge in [-0.05, 0) is 59.2 Å². The maximum atomic E-state index is 12.3. The van der Waals surface area contributed by atoms with E-state index in [0.29, 0.717) is 43.4 Å². The number of thiazole rings is 2. The molecule has 0 unspecified atom stereocenters. The molecule has 4 heterocycles. The Bertz CT molecular complexity index is 1510. The molecule has 2 aliphatic heterocycles. The van der Waals surface area contributed by atoms with Gasteiger partial charge >= 0.3 is 18.2 Å². The topological polar surface area (TPSA) is 149 Å². The molecule has 0 fully saturated rings. The van der Waals surface area contributed by atoms with Gasteiger partial charge < -0.3 is 35.1 Å². The fourth-order valence-corrected chi connectivity index (χ4v) is 6.42. The third-order valence-corrected chi connectivity index (χ3v) is 8.55. The number of nitrogens with zero attached hydrogens (tertiary/aromatic N) is 4. The highest BCUT2D eigenvalue weighted by Crippen LogP contribution is 2.30. The van der Waals surface area contributed by atoms with E-state index in [2.05, 4.69) is 15.3 Å². The summed E-state index contributed by atoms with van der Waals surface area (Å²) in [7, 11) is 1.37. The molecule has 2 amide bonds. The van der Waals surface area contributed by atoms with Gasteiger partial charge in [-0.1, -0.05) is 23.5 Å². The second kappa shape index (κ2) is 14.0. The first-order valence-corrected chi connectivity index (χ1v) is 16.3. The van der Waals surface area contributed by atoms with Crippen LogP contribution in [0, 0.1) is 0 Å². The van der Waals surface area contributed by atoms with Crippen LogP contribution < -0.4 is 11.1 Å². The van der Waals surface area contributed by atoms with E-state index < -0.39 is 11.2 Å². The number of carbonyl (C=O) groups excluding carboxylic acids is 3. The normalized spacial score (nSPS) is 14.4. The molecule has 244 valence electrons. The van der Waals surface area contributed by atoms with Gasteiger partial charge in [0.2, 0.25) is 0 Å². The van der Waals surface area contributed by atoms with Gasteiger partial charge in [-0.2, -0.15) is 0 Å². The minimum absolute atomic E-state index is 0.268. The number of aromatic nitrogens is 2. The van der Waals surface area contributed by atoms with E-state index in [1.165, 1.54) is 18.4 Å². The van der Waals surface area contributed by atoms with Gasteiger partial charge in [0.05, 0.1) is 37.2 Å². The van der Waals surface area contributed by atoms with Crippen molar-refractivity contribution in [1.82, 2.24) is 19.8 Å². The Morgan fingerprint density at radius 3 is 1.87 bits per heavy atom. The van der Waals surface area contributed by atoms with Gasteiger partial charge in [-0.3, -0.25) is 0 Å². The lowest BCUT2D eigenvalue weighted by atomic mass is 10.1. The van der Waals surface area contributed by atoms with Crippen LogP contribution in [0.4, 0.5) is 19.9 Å². The van der Waals surface area contributed by atoms with E-state index in [9.17, 15) is 14.4 Å². The van der Waals surface area contributed by atoms with Gasteiger partial charge in [0.1, 0.15) is 11.2 Å². The first kappa shape index (κ1) is 34.0. The van der Waals surface area contributed by atoms with Gasteiger partial charge in [0.15, 0.2) is 10.3 Å². The molecule has 14 heteroatoms. The largest absolute Gasteiger partial charge is 0.465 e. The van der Waals surface area contributed by atoms with Crippen LogP contribution in [0.15, 0.2) is 24.3 Å². The number of ether oxygens (including phenoxy) is 3. The van der Waals surface area contributed by atoms with Crippen molar-refractivity contribution in [3.8, 4) is 0 Å². The summed E-state index contributed by atoms with van der Waals surface area (Å²) in [4.78, 5) is 50.1. The lowest BCUT2D eigenvalue weighted by molar-refractivity contribution is 0.0215. The second-order valence-electron chi connectivity index (χ2n) is 12.7. The third kappa shape index (κ3) is 9.79. The predicted molar refractivity (Wildman–Crippen MR) is 174 cm³/mol. The molecule has 0 radical (unpaired) electrons. The van der Waals surface area contributed by atoms with Crippen molar-refractivity contribution in [3.63, 3.8) is 0 Å². The van der Waals surface area contributed by atoms with Crippen molar-refractivity contribution in [2.24, 2.45) is 0 Å². The molecule has 0 atom stereocenters. The molecular weight excluding hydrogens is 617 g/mol. The van der Waals surface area contributed by atoms with Crippen molar-refractivity contribution in [1.29, 1.82) is 0 Å². The van der Waals surface area contributed by atoms with Crippen LogP contribution in [0.5, 0.6) is 0 Å². The van der Waals surface area contributed by atoms with Gasteiger partial charge in [-0.25, -0.2) is 24.4 Å². The summed E-state index contributed by atoms with van der Waals surface area (Å²) in [6, 6.07) is 7.26. The lowest BCUT2D eigenvalue weighted by Crippen LogP contribution is -2.39. The highest BCUT2D eigenvalue weighted by molar-refractivity contribution is 7.15. The average molecular weight is 659 g/mol. The van der Waals surface area contributed by atoms with Crippen LogP contribution in [0.1, 0.15) is 78.6 Å². The summed E-state index contributed by atoms with van der Waals surface area (Å²) in [5, 5.41) is 4.72. The first-order chi connectivity index (χ1) is 21.1. The standard InChI is InChI=1S/C20H25N3O4S.C11H17N3O2S/c1-20(2,3)27-19(25)23-10-9-15-16(12-23)28-18(22-15)21-11-13-5-7-14(8-6-13)17(24)26-4;1-11(2,3)16-10(15)14-5-4-7-8(6-14)17-9(12)13-7/h5-8H,9-12H2,1-4H3,(H,21,22);4-6H2,1-3H3,(H2,12,13). The number of methoxy groups -OCH3 is 1. The number of hydrogen-bond acceptors (Lipinski definition) is 12. The van der Waals surface area contributed by atoms with Crippen LogP contribution in [0.2, 0.25) is 0 Å². The summed E-state index contributed by atoms with van der Waals surface area (Å²) >= 11 is 3.01. The summed E-state index contributed by atoms with van der Waals surface area (Å²) in [5.41, 5.74) is 8.32. The molecule has 12 nitrogen and oxygen atoms in total. The minimum Gasteiger partial charge on any atom is -0.465 e. The summed E-state index contributed by atoms with van der Waals surface area (Å²) in [6.07, 6.45) is 0.921. The van der Waals surface area contributed by atoms with Crippen molar-refractivity contribution in [3.05, 3.63) is 56.5 Å². The number of nitrogen functional groups attached to an aromatic ring is 1. The number of nitrogens with two attached hydrogens (primary N) is 1. The van der Waals surface area contributed by atoms with Crippen LogP contribution in [0.25, 0.3) is 0 Å². The molecule has 2 aromatic heterocycles. The summed E-state index contributed by atoms with van der Waals surface area (Å²) in [6.45, 7) is 14.1. The van der Waals surface area contributed by atoms with E-state index in [1.54, 1.807) is 33.3 Å². The predicted octanol–water partition coefficient (Wildman–Crippen LogP) is 5.85. The number of rotatable bonds is 4. The lowest BCUT2D eigenvalue weighted by Gasteiger charge is -2.29. The first-order valence-electron chi connectivity index (χ1n) is 14.7. The van der Waals surface area contributed by atoms with Gasteiger partial charge in [-0.15, -0.1) is 11.3 Å². The number of nitrogens with one attached hydrogen (secondary N) is 1. The molecule has 1 aromatic carbocycles. The maximum Gasteiger partial charge on any atom is 0.410 e. The molecule has 3 N–H and O–H groups in total. The van der Waals surface area contributed by atoms with Crippen molar-refractivity contribution >= 4 is 51.1 Å². The molecule has 0 spiro atoms. The highest BCUT2D eigenvalue weighted by atomic mass is 32.1. The van der Waals surface area contributed by atoms with Crippen LogP contribution in [0.3, 0.4) is 0 Å². The van der Waals surface area contributed by atoms with E-state index in [4.69, 9.17) is 19.9 Å². The molecule has 0 saturated carbocycles. The minimum atomic E-state index is -0.499. The van der Waals surface area contributed by atoms with E-state index in [0.717, 1.165) is 44.7 Å². The molecule has 3 aromatic rings. The highest BCUT2D eigenvalue weighted by Gasteiger charge is 2.29. The number of anilines is 2. The zero-order valence-corrected chi connectivity index (χ0v) is 28.5. The number of amides is 2. The Labute approximate surface area is 271 Å². The number of hydrogen-bond donors (Lipinski definition) is 2. The smallest absolute Gasteiger partial charge is 0.410 e. The van der Waals surface area contributed by atoms with E-state index in [-0.39, 0.29) is 18.2 Å². The zero-order valence-electron chi connectivity index (χ0n) is 26.9. The summed E-state index contributed by atoms with van der Waals surface area (Å²) < 4.78 is 15.5. The average Bonchev–Trinajstić information content (AvgIpc) is 3.55. The molecule has 45 heavy (non-hydrogen) atoms. The van der Waals surface area contributed by atoms with Crippen LogP contribution in [-0.4, -0.2) is 69.3 Å². The molecule has 5 rings (SSSR count). The van der Waals surface area contributed by atoms with Crippen molar-refractivity contribution in [2.75, 3.05) is 31.2 Å². The molecule has 0 bridgehead atoms. The molecule has 0 aliphatic carbocycles. The molecule has 0 saturated heterocycles. The van der Waals surface area contributed by atoms with Crippen LogP contribution >= 0.6 is 22.7 Å². The monoisotopic (exact) mass is 658 g/mol. The van der Waals surface area contributed by atoms with Crippen molar-refractivity contribution < 1.29 is 28.6 Å².